The Balaban J connectivity index is 0.00000385. The molecule has 0 bridgehead atoms. The smallest absolute Gasteiger partial charge is 0.251 e. The lowest BCUT2D eigenvalue weighted by atomic mass is 9.74. The van der Waals surface area contributed by atoms with Gasteiger partial charge in [-0.15, -0.1) is 24.0 Å². The van der Waals surface area contributed by atoms with E-state index >= 15 is 0 Å². The number of ether oxygens (including phenoxy) is 1. The van der Waals surface area contributed by atoms with Crippen LogP contribution >= 0.6 is 24.0 Å². The molecule has 3 rings (SSSR count). The van der Waals surface area contributed by atoms with Crippen LogP contribution < -0.4 is 16.0 Å². The van der Waals surface area contributed by atoms with Gasteiger partial charge >= 0.3 is 0 Å². The van der Waals surface area contributed by atoms with Crippen molar-refractivity contribution in [2.24, 2.45) is 4.99 Å². The van der Waals surface area contributed by atoms with Crippen molar-refractivity contribution in [3.05, 3.63) is 71.0 Å². The molecule has 3 N–H and O–H groups in total. The summed E-state index contributed by atoms with van der Waals surface area (Å²) in [5.74, 6) is 0.440. The number of hydrogen-bond donors (Lipinski definition) is 3. The third kappa shape index (κ3) is 7.67. The van der Waals surface area contributed by atoms with Gasteiger partial charge in [0.05, 0.1) is 6.54 Å². The number of aliphatic imine (C=N–C) groups is 1. The Morgan fingerprint density at radius 2 is 1.85 bits per heavy atom. The predicted octanol–water partition coefficient (Wildman–Crippen LogP) is 3.65. The van der Waals surface area contributed by atoms with Gasteiger partial charge in [-0.1, -0.05) is 24.3 Å². The van der Waals surface area contributed by atoms with Gasteiger partial charge in [0.25, 0.3) is 5.91 Å². The highest BCUT2D eigenvalue weighted by Gasteiger charge is 2.34. The lowest BCUT2D eigenvalue weighted by Crippen LogP contribution is -2.41. The minimum absolute atomic E-state index is 0. The van der Waals surface area contributed by atoms with Gasteiger partial charge in [0.15, 0.2) is 5.96 Å². The SMILES string of the molecule is CCNC(=NCC1(c2ccc(F)cc2)CCOCC1)NCCc1cccc(C(=O)NC)c1.I. The molecule has 0 saturated carbocycles. The quantitative estimate of drug-likeness (QED) is 0.258. The van der Waals surface area contributed by atoms with Crippen molar-refractivity contribution in [1.29, 1.82) is 0 Å². The Morgan fingerprint density at radius 1 is 1.12 bits per heavy atom. The van der Waals surface area contributed by atoms with Gasteiger partial charge in [0.1, 0.15) is 5.82 Å². The summed E-state index contributed by atoms with van der Waals surface area (Å²) in [6.07, 6.45) is 2.48. The Morgan fingerprint density at radius 3 is 2.52 bits per heavy atom. The molecule has 0 aromatic heterocycles. The van der Waals surface area contributed by atoms with Crippen molar-refractivity contribution in [2.75, 3.05) is 39.9 Å². The van der Waals surface area contributed by atoms with E-state index in [0.29, 0.717) is 31.9 Å². The minimum atomic E-state index is -0.227. The summed E-state index contributed by atoms with van der Waals surface area (Å²) in [5, 5.41) is 9.36. The first-order valence-corrected chi connectivity index (χ1v) is 11.2. The van der Waals surface area contributed by atoms with Gasteiger partial charge in [-0.05, 0) is 61.6 Å². The van der Waals surface area contributed by atoms with Crippen LogP contribution in [0.1, 0.15) is 41.3 Å². The van der Waals surface area contributed by atoms with Crippen LogP contribution in [0.5, 0.6) is 0 Å². The summed E-state index contributed by atoms with van der Waals surface area (Å²) in [6, 6.07) is 14.4. The number of carbonyl (C=O) groups is 1. The van der Waals surface area contributed by atoms with E-state index in [0.717, 1.165) is 42.9 Å². The first-order chi connectivity index (χ1) is 15.6. The van der Waals surface area contributed by atoms with Gasteiger partial charge in [0.2, 0.25) is 0 Å². The van der Waals surface area contributed by atoms with E-state index in [4.69, 9.17) is 9.73 Å². The Hall–Kier alpha value is -2.20. The van der Waals surface area contributed by atoms with E-state index in [1.165, 1.54) is 12.1 Å². The van der Waals surface area contributed by atoms with Crippen molar-refractivity contribution in [1.82, 2.24) is 16.0 Å². The summed E-state index contributed by atoms with van der Waals surface area (Å²) < 4.78 is 19.1. The predicted molar refractivity (Wildman–Crippen MR) is 141 cm³/mol. The summed E-state index contributed by atoms with van der Waals surface area (Å²) in [6.45, 7) is 5.44. The molecule has 1 saturated heterocycles. The maximum Gasteiger partial charge on any atom is 0.251 e. The molecule has 2 aromatic rings. The van der Waals surface area contributed by atoms with Crippen LogP contribution in [0.25, 0.3) is 0 Å². The second-order valence-corrected chi connectivity index (χ2v) is 8.05. The van der Waals surface area contributed by atoms with E-state index in [9.17, 15) is 9.18 Å². The topological polar surface area (TPSA) is 74.8 Å². The fourth-order valence-corrected chi connectivity index (χ4v) is 4.01. The molecule has 1 fully saturated rings. The lowest BCUT2D eigenvalue weighted by Gasteiger charge is -2.36. The molecule has 33 heavy (non-hydrogen) atoms. The van der Waals surface area contributed by atoms with E-state index in [2.05, 4.69) is 16.0 Å². The number of hydrogen-bond acceptors (Lipinski definition) is 3. The lowest BCUT2D eigenvalue weighted by molar-refractivity contribution is 0.0531. The average Bonchev–Trinajstić information content (AvgIpc) is 2.83. The fraction of sp³-hybridized carbons (Fsp3) is 0.440. The van der Waals surface area contributed by atoms with Crippen LogP contribution in [0, 0.1) is 5.82 Å². The van der Waals surface area contributed by atoms with Gasteiger partial charge in [0, 0.05) is 44.3 Å². The van der Waals surface area contributed by atoms with Crippen molar-refractivity contribution in [3.8, 4) is 0 Å². The highest BCUT2D eigenvalue weighted by molar-refractivity contribution is 14.0. The molecule has 0 aliphatic carbocycles. The van der Waals surface area contributed by atoms with Crippen LogP contribution in [-0.4, -0.2) is 51.8 Å². The standard InChI is InChI=1S/C25H33FN4O2.HI/c1-3-28-24(29-14-11-19-5-4-6-20(17-19)23(31)27-2)30-18-25(12-15-32-16-13-25)21-7-9-22(26)10-8-21;/h4-10,17H,3,11-16,18H2,1-2H3,(H,27,31)(H2,28,29,30);1H. The van der Waals surface area contributed by atoms with Crippen molar-refractivity contribution in [3.63, 3.8) is 0 Å². The fourth-order valence-electron chi connectivity index (χ4n) is 4.01. The number of guanidine groups is 1. The molecule has 1 aliphatic heterocycles. The molecule has 180 valence electrons. The average molecular weight is 568 g/mol. The van der Waals surface area contributed by atoms with Crippen LogP contribution in [-0.2, 0) is 16.6 Å². The number of nitrogens with one attached hydrogen (secondary N) is 3. The van der Waals surface area contributed by atoms with Crippen LogP contribution in [0.2, 0.25) is 0 Å². The highest BCUT2D eigenvalue weighted by atomic mass is 127. The number of rotatable bonds is 8. The van der Waals surface area contributed by atoms with Crippen molar-refractivity contribution >= 4 is 35.8 Å². The molecular weight excluding hydrogens is 534 g/mol. The third-order valence-corrected chi connectivity index (χ3v) is 5.91. The molecule has 1 amide bonds. The first kappa shape index (κ1) is 27.0. The monoisotopic (exact) mass is 568 g/mol. The molecule has 2 aromatic carbocycles. The summed E-state index contributed by atoms with van der Waals surface area (Å²) in [5.41, 5.74) is 2.69. The molecule has 6 nitrogen and oxygen atoms in total. The zero-order valence-corrected chi connectivity index (χ0v) is 21.7. The van der Waals surface area contributed by atoms with E-state index in [1.54, 1.807) is 7.05 Å². The maximum absolute atomic E-state index is 13.5. The molecule has 1 heterocycles. The number of benzene rings is 2. The van der Waals surface area contributed by atoms with Crippen molar-refractivity contribution in [2.45, 2.75) is 31.6 Å². The zero-order chi connectivity index (χ0) is 22.8. The first-order valence-electron chi connectivity index (χ1n) is 11.2. The second-order valence-electron chi connectivity index (χ2n) is 8.05. The molecule has 8 heteroatoms. The van der Waals surface area contributed by atoms with Crippen LogP contribution in [0.3, 0.4) is 0 Å². The number of nitrogens with zero attached hydrogens (tertiary/aromatic N) is 1. The molecule has 0 atom stereocenters. The number of carbonyl (C=O) groups excluding carboxylic acids is 1. The molecule has 1 aliphatic rings. The van der Waals surface area contributed by atoms with E-state index in [-0.39, 0.29) is 41.1 Å². The molecule has 0 spiro atoms. The summed E-state index contributed by atoms with van der Waals surface area (Å²) in [4.78, 5) is 16.7. The third-order valence-electron chi connectivity index (χ3n) is 5.91. The maximum atomic E-state index is 13.5. The van der Waals surface area contributed by atoms with E-state index in [1.807, 2.05) is 43.3 Å². The normalized spacial score (nSPS) is 15.3. The van der Waals surface area contributed by atoms with E-state index < -0.39 is 0 Å². The van der Waals surface area contributed by atoms with Crippen LogP contribution in [0.4, 0.5) is 4.39 Å². The zero-order valence-electron chi connectivity index (χ0n) is 19.3. The number of halogens is 2. The van der Waals surface area contributed by atoms with Crippen molar-refractivity contribution < 1.29 is 13.9 Å². The van der Waals surface area contributed by atoms with Crippen LogP contribution in [0.15, 0.2) is 53.5 Å². The van der Waals surface area contributed by atoms with Gasteiger partial charge in [-0.25, -0.2) is 4.39 Å². The molecular formula is C25H34FIN4O2. The number of amides is 1. The van der Waals surface area contributed by atoms with Gasteiger partial charge in [-0.2, -0.15) is 0 Å². The molecule has 0 radical (unpaired) electrons. The van der Waals surface area contributed by atoms with Gasteiger partial charge in [-0.3, -0.25) is 9.79 Å². The largest absolute Gasteiger partial charge is 0.381 e. The highest BCUT2D eigenvalue weighted by Crippen LogP contribution is 2.35. The Bertz CT molecular complexity index is 915. The summed E-state index contributed by atoms with van der Waals surface area (Å²) in [7, 11) is 1.63. The van der Waals surface area contributed by atoms with Gasteiger partial charge < -0.3 is 20.7 Å². The Kier molecular flexibility index (Phi) is 11.1. The molecule has 0 unspecified atom stereocenters. The summed E-state index contributed by atoms with van der Waals surface area (Å²) >= 11 is 0. The minimum Gasteiger partial charge on any atom is -0.381 e. The second kappa shape index (κ2) is 13.5. The Labute approximate surface area is 212 Å².